The molecule has 0 radical (unpaired) electrons. The fourth-order valence-corrected chi connectivity index (χ4v) is 3.19. The Morgan fingerprint density at radius 1 is 1.26 bits per heavy atom. The Kier molecular flexibility index (Phi) is 4.98. The highest BCUT2D eigenvalue weighted by Gasteiger charge is 2.20. The molecule has 1 fully saturated rings. The molecule has 124 valence electrons. The second-order valence-corrected chi connectivity index (χ2v) is 6.39. The summed E-state index contributed by atoms with van der Waals surface area (Å²) in [4.78, 5) is 2.39. The van der Waals surface area contributed by atoms with E-state index in [1.807, 2.05) is 49.0 Å². The zero-order chi connectivity index (χ0) is 16.2. The summed E-state index contributed by atoms with van der Waals surface area (Å²) in [6.45, 7) is 5.14. The van der Waals surface area contributed by atoms with Crippen molar-refractivity contribution in [2.45, 2.75) is 32.4 Å². The van der Waals surface area contributed by atoms with Gasteiger partial charge in [0, 0.05) is 26.2 Å². The highest BCUT2D eigenvalue weighted by Crippen LogP contribution is 2.27. The molecule has 2 heterocycles. The molecule has 0 spiro atoms. The smallest absolute Gasteiger partial charge is 0.222 e. The number of aromatic nitrogens is 2. The fourth-order valence-electron chi connectivity index (χ4n) is 3.19. The Labute approximate surface area is 138 Å². The Bertz CT molecular complexity index is 638. The fraction of sp³-hybridized carbons (Fsp3) is 0.500. The molecule has 23 heavy (non-hydrogen) atoms. The summed E-state index contributed by atoms with van der Waals surface area (Å²) in [5.41, 5.74) is 2.17. The number of ether oxygens (including phenoxy) is 1. The summed E-state index contributed by atoms with van der Waals surface area (Å²) >= 11 is 0. The first-order chi connectivity index (χ1) is 11.1. The quantitative estimate of drug-likeness (QED) is 0.921. The van der Waals surface area contributed by atoms with Crippen molar-refractivity contribution in [2.24, 2.45) is 7.05 Å². The Morgan fingerprint density at radius 3 is 2.78 bits per heavy atom. The van der Waals surface area contributed by atoms with Crippen molar-refractivity contribution >= 4 is 0 Å². The van der Waals surface area contributed by atoms with Gasteiger partial charge >= 0.3 is 0 Å². The molecule has 1 atom stereocenters. The molecule has 3 rings (SSSR count). The van der Waals surface area contributed by atoms with E-state index in [0.29, 0.717) is 6.04 Å². The van der Waals surface area contributed by atoms with Crippen molar-refractivity contribution in [3.05, 3.63) is 41.6 Å². The number of para-hydroxylation sites is 1. The van der Waals surface area contributed by atoms with Crippen LogP contribution in [0.3, 0.4) is 0 Å². The van der Waals surface area contributed by atoms with E-state index < -0.39 is 0 Å². The number of likely N-dealkylation sites (N-methyl/N-ethyl adjacent to an activating group) is 1. The van der Waals surface area contributed by atoms with Crippen molar-refractivity contribution in [3.8, 4) is 11.6 Å². The molecule has 1 aromatic carbocycles. The van der Waals surface area contributed by atoms with E-state index in [2.05, 4.69) is 22.4 Å². The van der Waals surface area contributed by atoms with Crippen LogP contribution in [0, 0.1) is 6.92 Å². The van der Waals surface area contributed by atoms with E-state index in [9.17, 15) is 0 Å². The van der Waals surface area contributed by atoms with Crippen LogP contribution in [-0.4, -0.2) is 40.9 Å². The van der Waals surface area contributed by atoms with Crippen LogP contribution in [0.5, 0.6) is 11.6 Å². The first-order valence-corrected chi connectivity index (χ1v) is 8.31. The molecule has 1 aromatic heterocycles. The lowest BCUT2D eigenvalue weighted by molar-refractivity contribution is 0.226. The first-order valence-electron chi connectivity index (χ1n) is 8.31. The second-order valence-electron chi connectivity index (χ2n) is 6.39. The molecule has 0 saturated carbocycles. The van der Waals surface area contributed by atoms with E-state index in [1.54, 1.807) is 0 Å². The number of nitrogens with one attached hydrogen (secondary N) is 1. The summed E-state index contributed by atoms with van der Waals surface area (Å²) < 4.78 is 7.90. The Morgan fingerprint density at radius 2 is 2.04 bits per heavy atom. The van der Waals surface area contributed by atoms with Crippen LogP contribution in [0.2, 0.25) is 0 Å². The van der Waals surface area contributed by atoms with Crippen molar-refractivity contribution < 1.29 is 4.74 Å². The van der Waals surface area contributed by atoms with Crippen molar-refractivity contribution in [1.82, 2.24) is 20.0 Å². The monoisotopic (exact) mass is 314 g/mol. The number of rotatable bonds is 5. The van der Waals surface area contributed by atoms with Crippen LogP contribution in [0.15, 0.2) is 30.3 Å². The third kappa shape index (κ3) is 3.92. The van der Waals surface area contributed by atoms with E-state index in [1.165, 1.54) is 19.4 Å². The topological polar surface area (TPSA) is 42.3 Å². The zero-order valence-corrected chi connectivity index (χ0v) is 14.2. The van der Waals surface area contributed by atoms with Crippen LogP contribution in [0.25, 0.3) is 0 Å². The average Bonchev–Trinajstić information content (AvgIpc) is 2.80. The van der Waals surface area contributed by atoms with Crippen LogP contribution >= 0.6 is 0 Å². The third-order valence-electron chi connectivity index (χ3n) is 4.44. The number of benzene rings is 1. The molecule has 0 unspecified atom stereocenters. The minimum atomic E-state index is 0.540. The number of nitrogens with zero attached hydrogens (tertiary/aromatic N) is 3. The lowest BCUT2D eigenvalue weighted by atomic mass is 10.1. The second kappa shape index (κ2) is 7.15. The lowest BCUT2D eigenvalue weighted by Gasteiger charge is -2.30. The summed E-state index contributed by atoms with van der Waals surface area (Å²) in [6, 6.07) is 10.4. The number of hydrogen-bond acceptors (Lipinski definition) is 4. The molecular formula is C18H26N4O. The van der Waals surface area contributed by atoms with Crippen molar-refractivity contribution in [3.63, 3.8) is 0 Å². The van der Waals surface area contributed by atoms with Gasteiger partial charge in [-0.2, -0.15) is 5.10 Å². The number of hydrogen-bond donors (Lipinski definition) is 1. The van der Waals surface area contributed by atoms with Gasteiger partial charge in [0.2, 0.25) is 5.88 Å². The van der Waals surface area contributed by atoms with Crippen LogP contribution < -0.4 is 10.1 Å². The Balaban J connectivity index is 1.71. The minimum absolute atomic E-state index is 0.540. The van der Waals surface area contributed by atoms with Gasteiger partial charge < -0.3 is 15.0 Å². The van der Waals surface area contributed by atoms with Gasteiger partial charge in [0.25, 0.3) is 0 Å². The highest BCUT2D eigenvalue weighted by molar-refractivity contribution is 5.35. The maximum atomic E-state index is 6.07. The summed E-state index contributed by atoms with van der Waals surface area (Å²) in [5, 5.41) is 8.20. The zero-order valence-electron chi connectivity index (χ0n) is 14.2. The number of piperidine rings is 1. The predicted molar refractivity (Wildman–Crippen MR) is 91.8 cm³/mol. The summed E-state index contributed by atoms with van der Waals surface area (Å²) in [7, 11) is 4.12. The van der Waals surface area contributed by atoms with Gasteiger partial charge in [0.15, 0.2) is 0 Å². The van der Waals surface area contributed by atoms with E-state index >= 15 is 0 Å². The van der Waals surface area contributed by atoms with E-state index in [0.717, 1.165) is 36.0 Å². The minimum Gasteiger partial charge on any atom is -0.439 e. The molecule has 5 heteroatoms. The molecule has 1 aliphatic heterocycles. The van der Waals surface area contributed by atoms with Gasteiger partial charge in [-0.1, -0.05) is 18.2 Å². The maximum absolute atomic E-state index is 6.07. The molecule has 0 aliphatic carbocycles. The Hall–Kier alpha value is -1.85. The summed E-state index contributed by atoms with van der Waals surface area (Å²) in [5.74, 6) is 1.67. The molecule has 2 aromatic rings. The van der Waals surface area contributed by atoms with Gasteiger partial charge in [-0.25, -0.2) is 4.68 Å². The normalized spacial score (nSPS) is 19.0. The van der Waals surface area contributed by atoms with Crippen LogP contribution in [0.1, 0.15) is 24.1 Å². The van der Waals surface area contributed by atoms with E-state index in [4.69, 9.17) is 4.74 Å². The lowest BCUT2D eigenvalue weighted by Crippen LogP contribution is -2.43. The van der Waals surface area contributed by atoms with E-state index in [-0.39, 0.29) is 0 Å². The largest absolute Gasteiger partial charge is 0.439 e. The third-order valence-corrected chi connectivity index (χ3v) is 4.44. The van der Waals surface area contributed by atoms with Gasteiger partial charge in [-0.15, -0.1) is 0 Å². The number of likely N-dealkylation sites (tertiary alicyclic amines) is 1. The summed E-state index contributed by atoms with van der Waals surface area (Å²) in [6.07, 6.45) is 2.49. The average molecular weight is 314 g/mol. The molecule has 1 saturated heterocycles. The first kappa shape index (κ1) is 16.0. The molecule has 0 bridgehead atoms. The van der Waals surface area contributed by atoms with Gasteiger partial charge in [-0.05, 0) is 45.5 Å². The maximum Gasteiger partial charge on any atom is 0.222 e. The molecule has 1 aliphatic rings. The molecule has 0 amide bonds. The SMILES string of the molecule is Cc1nn(C)c(Oc2ccccc2)c1CN[C@@H]1CCCN(C)C1. The molecule has 1 N–H and O–H groups in total. The van der Waals surface area contributed by atoms with Gasteiger partial charge in [0.1, 0.15) is 5.75 Å². The predicted octanol–water partition coefficient (Wildman–Crippen LogP) is 2.70. The highest BCUT2D eigenvalue weighted by atomic mass is 16.5. The standard InChI is InChI=1S/C18H26N4O/c1-14-17(12-19-15-8-7-11-21(2)13-15)18(22(3)20-14)23-16-9-5-4-6-10-16/h4-6,9-10,15,19H,7-8,11-13H2,1-3H3/t15-/m1/s1. The van der Waals surface area contributed by atoms with Crippen molar-refractivity contribution in [1.29, 1.82) is 0 Å². The van der Waals surface area contributed by atoms with Crippen LogP contribution in [-0.2, 0) is 13.6 Å². The van der Waals surface area contributed by atoms with Crippen LogP contribution in [0.4, 0.5) is 0 Å². The van der Waals surface area contributed by atoms with Crippen molar-refractivity contribution in [2.75, 3.05) is 20.1 Å². The van der Waals surface area contributed by atoms with Gasteiger partial charge in [-0.3, -0.25) is 0 Å². The molecule has 5 nitrogen and oxygen atoms in total. The number of aryl methyl sites for hydroxylation is 2. The molecular weight excluding hydrogens is 288 g/mol. The van der Waals surface area contributed by atoms with Gasteiger partial charge in [0.05, 0.1) is 11.3 Å².